The molecule has 0 N–H and O–H groups in total. The van der Waals surface area contributed by atoms with Gasteiger partial charge in [-0.2, -0.15) is 5.26 Å². The van der Waals surface area contributed by atoms with Crippen LogP contribution in [0.5, 0.6) is 0 Å². The SMILES string of the molecule is CCOC(=O)c1ccc(-c2ccc(C=C(C#N)C(=O)N(C)C)o2)cc1. The number of furan rings is 1. The summed E-state index contributed by atoms with van der Waals surface area (Å²) >= 11 is 0. The van der Waals surface area contributed by atoms with Gasteiger partial charge in [-0.1, -0.05) is 12.1 Å². The third-order valence-corrected chi connectivity index (χ3v) is 3.35. The number of rotatable bonds is 5. The third-order valence-electron chi connectivity index (χ3n) is 3.35. The Kier molecular flexibility index (Phi) is 5.75. The smallest absolute Gasteiger partial charge is 0.338 e. The zero-order chi connectivity index (χ0) is 18.4. The summed E-state index contributed by atoms with van der Waals surface area (Å²) in [6, 6.07) is 12.1. The van der Waals surface area contributed by atoms with Crippen LogP contribution in [0, 0.1) is 11.3 Å². The number of amides is 1. The molecule has 0 spiro atoms. The lowest BCUT2D eigenvalue weighted by Crippen LogP contribution is -2.22. The monoisotopic (exact) mass is 338 g/mol. The molecule has 0 radical (unpaired) electrons. The maximum absolute atomic E-state index is 11.9. The molecule has 1 heterocycles. The number of carbonyl (C=O) groups excluding carboxylic acids is 2. The van der Waals surface area contributed by atoms with Crippen molar-refractivity contribution in [3.8, 4) is 17.4 Å². The van der Waals surface area contributed by atoms with Crippen molar-refractivity contribution in [2.75, 3.05) is 20.7 Å². The van der Waals surface area contributed by atoms with E-state index in [9.17, 15) is 9.59 Å². The second-order valence-electron chi connectivity index (χ2n) is 5.37. The van der Waals surface area contributed by atoms with E-state index in [1.54, 1.807) is 57.4 Å². The molecule has 1 amide bonds. The van der Waals surface area contributed by atoms with Crippen LogP contribution in [-0.2, 0) is 9.53 Å². The number of likely N-dealkylation sites (N-methyl/N-ethyl adjacent to an activating group) is 1. The Hall–Kier alpha value is -3.33. The van der Waals surface area contributed by atoms with Gasteiger partial charge in [-0.05, 0) is 31.2 Å². The van der Waals surface area contributed by atoms with Crippen molar-refractivity contribution in [1.29, 1.82) is 5.26 Å². The van der Waals surface area contributed by atoms with Gasteiger partial charge in [0.25, 0.3) is 5.91 Å². The summed E-state index contributed by atoms with van der Waals surface area (Å²) in [6.07, 6.45) is 1.40. The van der Waals surface area contributed by atoms with E-state index in [1.807, 2.05) is 6.07 Å². The molecule has 0 atom stereocenters. The summed E-state index contributed by atoms with van der Waals surface area (Å²) in [5, 5.41) is 9.11. The minimum Gasteiger partial charge on any atom is -0.462 e. The van der Waals surface area contributed by atoms with E-state index in [0.29, 0.717) is 23.7 Å². The van der Waals surface area contributed by atoms with E-state index in [4.69, 9.17) is 14.4 Å². The molecule has 0 saturated carbocycles. The van der Waals surface area contributed by atoms with Gasteiger partial charge in [0.05, 0.1) is 12.2 Å². The fraction of sp³-hybridized carbons (Fsp3) is 0.211. The van der Waals surface area contributed by atoms with Crippen LogP contribution in [-0.4, -0.2) is 37.5 Å². The lowest BCUT2D eigenvalue weighted by molar-refractivity contribution is -0.124. The molecule has 2 rings (SSSR count). The third kappa shape index (κ3) is 4.36. The highest BCUT2D eigenvalue weighted by atomic mass is 16.5. The Balaban J connectivity index is 2.22. The Morgan fingerprint density at radius 2 is 1.88 bits per heavy atom. The van der Waals surface area contributed by atoms with Crippen LogP contribution < -0.4 is 0 Å². The standard InChI is InChI=1S/C19H18N2O4/c1-4-24-19(23)14-7-5-13(6-8-14)17-10-9-16(25-17)11-15(12-20)18(22)21(2)3/h5-11H,4H2,1-3H3. The lowest BCUT2D eigenvalue weighted by Gasteiger charge is -2.07. The predicted octanol–water partition coefficient (Wildman–Crippen LogP) is 3.12. The molecule has 0 aliphatic heterocycles. The Bertz CT molecular complexity index is 839. The number of nitrogens with zero attached hydrogens (tertiary/aromatic N) is 2. The number of hydrogen-bond donors (Lipinski definition) is 0. The molecule has 6 heteroatoms. The van der Waals surface area contributed by atoms with Crippen molar-refractivity contribution in [3.05, 3.63) is 53.3 Å². The fourth-order valence-corrected chi connectivity index (χ4v) is 2.10. The van der Waals surface area contributed by atoms with Crippen molar-refractivity contribution in [1.82, 2.24) is 4.90 Å². The number of ether oxygens (including phenoxy) is 1. The highest BCUT2D eigenvalue weighted by Gasteiger charge is 2.13. The molecule has 128 valence electrons. The van der Waals surface area contributed by atoms with Crippen LogP contribution in [0.25, 0.3) is 17.4 Å². The quantitative estimate of drug-likeness (QED) is 0.475. The van der Waals surface area contributed by atoms with Crippen molar-refractivity contribution < 1.29 is 18.7 Å². The molecule has 25 heavy (non-hydrogen) atoms. The van der Waals surface area contributed by atoms with Gasteiger partial charge in [0.15, 0.2) is 0 Å². The van der Waals surface area contributed by atoms with E-state index in [0.717, 1.165) is 5.56 Å². The summed E-state index contributed by atoms with van der Waals surface area (Å²) < 4.78 is 10.6. The first kappa shape index (κ1) is 18.0. The van der Waals surface area contributed by atoms with E-state index >= 15 is 0 Å². The molecular formula is C19H18N2O4. The number of hydrogen-bond acceptors (Lipinski definition) is 5. The molecule has 0 unspecified atom stereocenters. The van der Waals surface area contributed by atoms with Gasteiger partial charge in [-0.3, -0.25) is 4.79 Å². The molecule has 2 aromatic rings. The summed E-state index contributed by atoms with van der Waals surface area (Å²) in [6.45, 7) is 2.07. The van der Waals surface area contributed by atoms with E-state index < -0.39 is 0 Å². The second kappa shape index (κ2) is 7.97. The minimum absolute atomic E-state index is 0.0106. The van der Waals surface area contributed by atoms with Gasteiger partial charge in [0.2, 0.25) is 0 Å². The number of carbonyl (C=O) groups is 2. The number of nitriles is 1. The largest absolute Gasteiger partial charge is 0.462 e. The number of esters is 1. The van der Waals surface area contributed by atoms with Crippen LogP contribution in [0.4, 0.5) is 0 Å². The van der Waals surface area contributed by atoms with Crippen LogP contribution in [0.1, 0.15) is 23.0 Å². The molecule has 0 aliphatic carbocycles. The maximum atomic E-state index is 11.9. The van der Waals surface area contributed by atoms with Gasteiger partial charge in [0.1, 0.15) is 23.2 Å². The van der Waals surface area contributed by atoms with E-state index in [1.165, 1.54) is 11.0 Å². The zero-order valence-electron chi connectivity index (χ0n) is 14.3. The predicted molar refractivity (Wildman–Crippen MR) is 92.4 cm³/mol. The molecule has 0 saturated heterocycles. The van der Waals surface area contributed by atoms with Crippen molar-refractivity contribution >= 4 is 18.0 Å². The minimum atomic E-state index is -0.390. The topological polar surface area (TPSA) is 83.5 Å². The average Bonchev–Trinajstić information content (AvgIpc) is 3.08. The molecule has 1 aromatic heterocycles. The first-order chi connectivity index (χ1) is 12.0. The van der Waals surface area contributed by atoms with Crippen molar-refractivity contribution in [2.24, 2.45) is 0 Å². The second-order valence-corrected chi connectivity index (χ2v) is 5.37. The highest BCUT2D eigenvalue weighted by Crippen LogP contribution is 2.24. The van der Waals surface area contributed by atoms with Crippen molar-refractivity contribution in [2.45, 2.75) is 6.92 Å². The molecular weight excluding hydrogens is 320 g/mol. The first-order valence-electron chi connectivity index (χ1n) is 7.67. The molecule has 0 aliphatic rings. The Morgan fingerprint density at radius 1 is 1.20 bits per heavy atom. The summed E-state index contributed by atoms with van der Waals surface area (Å²) in [5.74, 6) is 0.199. The van der Waals surface area contributed by atoms with Gasteiger partial charge in [-0.25, -0.2) is 4.79 Å². The summed E-state index contributed by atoms with van der Waals surface area (Å²) in [4.78, 5) is 24.8. The van der Waals surface area contributed by atoms with Crippen LogP contribution in [0.3, 0.4) is 0 Å². The molecule has 0 fully saturated rings. The fourth-order valence-electron chi connectivity index (χ4n) is 2.10. The lowest BCUT2D eigenvalue weighted by atomic mass is 10.1. The van der Waals surface area contributed by atoms with Gasteiger partial charge in [-0.15, -0.1) is 0 Å². The van der Waals surface area contributed by atoms with Gasteiger partial charge < -0.3 is 14.1 Å². The Labute approximate surface area is 145 Å². The average molecular weight is 338 g/mol. The first-order valence-corrected chi connectivity index (χ1v) is 7.67. The number of benzene rings is 1. The maximum Gasteiger partial charge on any atom is 0.338 e. The van der Waals surface area contributed by atoms with Gasteiger partial charge >= 0.3 is 5.97 Å². The van der Waals surface area contributed by atoms with Crippen LogP contribution in [0.2, 0.25) is 0 Å². The summed E-state index contributed by atoms with van der Waals surface area (Å²) in [5.41, 5.74) is 1.22. The van der Waals surface area contributed by atoms with Crippen LogP contribution in [0.15, 0.2) is 46.4 Å². The van der Waals surface area contributed by atoms with E-state index in [-0.39, 0.29) is 17.4 Å². The normalized spacial score (nSPS) is 10.9. The van der Waals surface area contributed by atoms with Crippen molar-refractivity contribution in [3.63, 3.8) is 0 Å². The molecule has 6 nitrogen and oxygen atoms in total. The zero-order valence-corrected chi connectivity index (χ0v) is 14.3. The highest BCUT2D eigenvalue weighted by molar-refractivity contribution is 6.01. The Morgan fingerprint density at radius 3 is 2.44 bits per heavy atom. The summed E-state index contributed by atoms with van der Waals surface area (Å²) in [7, 11) is 3.15. The molecule has 0 bridgehead atoms. The van der Waals surface area contributed by atoms with Crippen LogP contribution >= 0.6 is 0 Å². The van der Waals surface area contributed by atoms with E-state index in [2.05, 4.69) is 0 Å². The molecule has 1 aromatic carbocycles. The van der Waals surface area contributed by atoms with Gasteiger partial charge in [0, 0.05) is 25.7 Å².